The molecule has 0 spiro atoms. The fourth-order valence-electron chi connectivity index (χ4n) is 3.28. The van der Waals surface area contributed by atoms with E-state index in [1.165, 1.54) is 6.07 Å². The maximum atomic E-state index is 12.7. The molecule has 1 fully saturated rings. The Morgan fingerprint density at radius 2 is 1.90 bits per heavy atom. The fourth-order valence-corrected chi connectivity index (χ4v) is 3.41. The average Bonchev–Trinajstić information content (AvgIpc) is 3.26. The third kappa shape index (κ3) is 5.17. The van der Waals surface area contributed by atoms with Gasteiger partial charge in [0, 0.05) is 6.07 Å². The van der Waals surface area contributed by atoms with Gasteiger partial charge in [0.1, 0.15) is 16.9 Å². The highest BCUT2D eigenvalue weighted by Gasteiger charge is 2.62. The van der Waals surface area contributed by atoms with Gasteiger partial charge in [-0.25, -0.2) is 4.98 Å². The number of pyridine rings is 1. The van der Waals surface area contributed by atoms with E-state index in [0.717, 1.165) is 6.08 Å². The van der Waals surface area contributed by atoms with E-state index in [-0.39, 0.29) is 11.6 Å². The summed E-state index contributed by atoms with van der Waals surface area (Å²) >= 11 is 5.31. The Kier molecular flexibility index (Phi) is 6.27. The predicted octanol–water partition coefficient (Wildman–Crippen LogP) is 5.94. The number of allylic oxidation sites excluding steroid dienone is 2. The van der Waals surface area contributed by atoms with Crippen LogP contribution < -0.4 is 4.74 Å². The number of benzene rings is 1. The Hall–Kier alpha value is -3.05. The van der Waals surface area contributed by atoms with Gasteiger partial charge < -0.3 is 9.47 Å². The molecule has 3 rings (SSSR count). The maximum Gasteiger partial charge on any atom is 0.426 e. The average molecular weight is 451 g/mol. The number of nitriles is 1. The number of nitrogens with zero attached hydrogens (tertiary/aromatic N) is 2. The van der Waals surface area contributed by atoms with E-state index in [1.807, 2.05) is 12.1 Å². The summed E-state index contributed by atoms with van der Waals surface area (Å²) in [4.78, 5) is 16.8. The molecular formula is C22H18ClF3N2O3. The van der Waals surface area contributed by atoms with Crippen LogP contribution in [0.3, 0.4) is 0 Å². The van der Waals surface area contributed by atoms with Gasteiger partial charge in [-0.2, -0.15) is 18.4 Å². The van der Waals surface area contributed by atoms with Crippen molar-refractivity contribution in [2.75, 3.05) is 0 Å². The zero-order valence-electron chi connectivity index (χ0n) is 16.6. The van der Waals surface area contributed by atoms with E-state index in [4.69, 9.17) is 21.1 Å². The Labute approximate surface area is 182 Å². The SMILES string of the molecule is CC1(C)[C@H](C(=O)O[C@H](C#N)c2cccc(Oc3ccccc3)n2)[C@@H]1C=C(Cl)C(F)(F)F. The zero-order valence-corrected chi connectivity index (χ0v) is 17.3. The van der Waals surface area contributed by atoms with Gasteiger partial charge in [0.05, 0.1) is 11.6 Å². The molecule has 1 aromatic carbocycles. The molecule has 3 atom stereocenters. The number of alkyl halides is 3. The van der Waals surface area contributed by atoms with Crippen LogP contribution in [0.1, 0.15) is 25.6 Å². The van der Waals surface area contributed by atoms with Crippen LogP contribution in [0, 0.1) is 28.6 Å². The topological polar surface area (TPSA) is 72.2 Å². The van der Waals surface area contributed by atoms with E-state index in [9.17, 15) is 23.2 Å². The molecule has 1 saturated carbocycles. The van der Waals surface area contributed by atoms with Crippen molar-refractivity contribution in [3.8, 4) is 17.7 Å². The maximum absolute atomic E-state index is 12.7. The van der Waals surface area contributed by atoms with E-state index < -0.39 is 40.5 Å². The molecule has 9 heteroatoms. The molecule has 2 aromatic rings. The molecule has 0 N–H and O–H groups in total. The Morgan fingerprint density at radius 1 is 1.23 bits per heavy atom. The summed E-state index contributed by atoms with van der Waals surface area (Å²) in [5.74, 6) is -1.67. The minimum atomic E-state index is -4.69. The van der Waals surface area contributed by atoms with Crippen LogP contribution in [-0.4, -0.2) is 17.1 Å². The van der Waals surface area contributed by atoms with Crippen LogP contribution in [-0.2, 0) is 9.53 Å². The fraction of sp³-hybridized carbons (Fsp3) is 0.318. The molecule has 1 aromatic heterocycles. The summed E-state index contributed by atoms with van der Waals surface area (Å²) in [5.41, 5.74) is -0.642. The lowest BCUT2D eigenvalue weighted by atomic mass is 10.1. The quantitative estimate of drug-likeness (QED) is 0.509. The standard InChI is InChI=1S/C22H18ClF3N2O3/c1-21(2)14(11-17(23)22(24,25)26)19(21)20(29)31-16(12-27)15-9-6-10-18(28-15)30-13-7-4-3-5-8-13/h3-11,14,16,19H,1-2H3/t14-,16+,19-/m0/s1. The number of carbonyl (C=O) groups is 1. The number of para-hydroxylation sites is 1. The van der Waals surface area contributed by atoms with Gasteiger partial charge in [0.25, 0.3) is 0 Å². The normalized spacial score (nSPS) is 21.0. The van der Waals surface area contributed by atoms with Crippen molar-refractivity contribution < 1.29 is 27.4 Å². The highest BCUT2D eigenvalue weighted by atomic mass is 35.5. The Morgan fingerprint density at radius 3 is 2.52 bits per heavy atom. The lowest BCUT2D eigenvalue weighted by Crippen LogP contribution is -2.15. The van der Waals surface area contributed by atoms with Crippen LogP contribution >= 0.6 is 11.6 Å². The van der Waals surface area contributed by atoms with Gasteiger partial charge in [-0.1, -0.05) is 55.8 Å². The van der Waals surface area contributed by atoms with Gasteiger partial charge in [-0.15, -0.1) is 0 Å². The van der Waals surface area contributed by atoms with Crippen molar-refractivity contribution in [1.29, 1.82) is 5.26 Å². The molecule has 0 unspecified atom stereocenters. The van der Waals surface area contributed by atoms with Gasteiger partial charge in [-0.05, 0) is 29.5 Å². The van der Waals surface area contributed by atoms with Gasteiger partial charge in [0.2, 0.25) is 12.0 Å². The second-order valence-electron chi connectivity index (χ2n) is 7.60. The van der Waals surface area contributed by atoms with Gasteiger partial charge >= 0.3 is 12.1 Å². The van der Waals surface area contributed by atoms with Crippen molar-refractivity contribution >= 4 is 17.6 Å². The van der Waals surface area contributed by atoms with E-state index >= 15 is 0 Å². The highest BCUT2D eigenvalue weighted by molar-refractivity contribution is 6.30. The molecule has 162 valence electrons. The molecule has 0 bridgehead atoms. The smallest absolute Gasteiger partial charge is 0.426 e. The summed E-state index contributed by atoms with van der Waals surface area (Å²) in [7, 11) is 0. The number of esters is 1. The van der Waals surface area contributed by atoms with Crippen LogP contribution in [0.25, 0.3) is 0 Å². The number of carbonyl (C=O) groups excluding carboxylic acids is 1. The summed E-state index contributed by atoms with van der Waals surface area (Å²) in [6, 6.07) is 15.4. The first-order valence-corrected chi connectivity index (χ1v) is 9.66. The first-order valence-electron chi connectivity index (χ1n) is 9.28. The second kappa shape index (κ2) is 8.60. The Bertz CT molecular complexity index is 1030. The number of ether oxygens (including phenoxy) is 2. The largest absolute Gasteiger partial charge is 0.440 e. The summed E-state index contributed by atoms with van der Waals surface area (Å²) < 4.78 is 49.0. The molecular weight excluding hydrogens is 433 g/mol. The van der Waals surface area contributed by atoms with Crippen LogP contribution in [0.2, 0.25) is 0 Å². The minimum Gasteiger partial charge on any atom is -0.440 e. The molecule has 1 aliphatic carbocycles. The van der Waals surface area contributed by atoms with Crippen molar-refractivity contribution in [2.45, 2.75) is 26.1 Å². The number of hydrogen-bond acceptors (Lipinski definition) is 5. The number of hydrogen-bond donors (Lipinski definition) is 0. The van der Waals surface area contributed by atoms with Gasteiger partial charge in [-0.3, -0.25) is 4.79 Å². The summed E-state index contributed by atoms with van der Waals surface area (Å²) in [5, 5.41) is 8.18. The Balaban J connectivity index is 1.72. The molecule has 1 aliphatic rings. The molecule has 0 amide bonds. The summed E-state index contributed by atoms with van der Waals surface area (Å²) in [6.07, 6.45) is -5.21. The molecule has 0 saturated heterocycles. The minimum absolute atomic E-state index is 0.142. The number of aromatic nitrogens is 1. The first kappa shape index (κ1) is 22.6. The van der Waals surface area contributed by atoms with E-state index in [1.54, 1.807) is 50.2 Å². The van der Waals surface area contributed by atoms with Crippen molar-refractivity contribution in [3.63, 3.8) is 0 Å². The molecule has 5 nitrogen and oxygen atoms in total. The molecule has 0 radical (unpaired) electrons. The lowest BCUT2D eigenvalue weighted by molar-refractivity contribution is -0.149. The lowest BCUT2D eigenvalue weighted by Gasteiger charge is -2.12. The predicted molar refractivity (Wildman–Crippen MR) is 106 cm³/mol. The van der Waals surface area contributed by atoms with Crippen molar-refractivity contribution in [1.82, 2.24) is 4.98 Å². The van der Waals surface area contributed by atoms with Crippen LogP contribution in [0.5, 0.6) is 11.6 Å². The number of halogens is 4. The van der Waals surface area contributed by atoms with E-state index in [2.05, 4.69) is 4.98 Å². The highest BCUT2D eigenvalue weighted by Crippen LogP contribution is 2.60. The van der Waals surface area contributed by atoms with Crippen molar-refractivity contribution in [3.05, 3.63) is 65.3 Å². The zero-order chi connectivity index (χ0) is 22.8. The van der Waals surface area contributed by atoms with Crippen LogP contribution in [0.4, 0.5) is 13.2 Å². The molecule has 0 aliphatic heterocycles. The van der Waals surface area contributed by atoms with E-state index in [0.29, 0.717) is 5.75 Å². The monoisotopic (exact) mass is 450 g/mol. The van der Waals surface area contributed by atoms with Crippen LogP contribution in [0.15, 0.2) is 59.6 Å². The second-order valence-corrected chi connectivity index (χ2v) is 8.01. The van der Waals surface area contributed by atoms with Crippen molar-refractivity contribution in [2.24, 2.45) is 17.3 Å². The third-order valence-corrected chi connectivity index (χ3v) is 5.43. The summed E-state index contributed by atoms with van der Waals surface area (Å²) in [6.45, 7) is 3.27. The molecule has 31 heavy (non-hydrogen) atoms. The first-order chi connectivity index (χ1) is 14.5. The third-order valence-electron chi connectivity index (χ3n) is 5.09. The molecule has 1 heterocycles. The number of rotatable bonds is 6. The van der Waals surface area contributed by atoms with Gasteiger partial charge in [0.15, 0.2) is 0 Å².